The van der Waals surface area contributed by atoms with Crippen LogP contribution in [0.5, 0.6) is 0 Å². The summed E-state index contributed by atoms with van der Waals surface area (Å²) in [5.41, 5.74) is -0.330. The van der Waals surface area contributed by atoms with Crippen LogP contribution < -0.4 is 0 Å². The Balaban J connectivity index is 1.57. The number of carbonyl (C=O) groups excluding carboxylic acids is 1. The standard InChI is InChI=1S/C27H46O6/c1-14(2)10-22(29)24(31)15(3)17-6-7-18-16-13-33-25(32)20-11-21(28)23(30)12-27(20,5)19(16)8-9-26(17,18)4/h14-24,28-31H,6-13H2,1-5H3/t15-,16-,17+,18-,19-,20+,21-,22-,23+,24-,26+,27+/m0/s1. The van der Waals surface area contributed by atoms with Crippen LogP contribution in [0, 0.1) is 52.3 Å². The summed E-state index contributed by atoms with van der Waals surface area (Å²) in [6, 6.07) is 0. The van der Waals surface area contributed by atoms with Crippen molar-refractivity contribution in [1.29, 1.82) is 0 Å². The van der Waals surface area contributed by atoms with E-state index in [1.807, 2.05) is 0 Å². The largest absolute Gasteiger partial charge is 0.465 e. The lowest BCUT2D eigenvalue weighted by Crippen LogP contribution is -2.55. The Morgan fingerprint density at radius 2 is 1.67 bits per heavy atom. The summed E-state index contributed by atoms with van der Waals surface area (Å²) < 4.78 is 5.85. The molecule has 1 saturated heterocycles. The van der Waals surface area contributed by atoms with E-state index in [0.717, 1.165) is 25.7 Å². The normalized spacial score (nSPS) is 48.2. The second-order valence-corrected chi connectivity index (χ2v) is 12.9. The van der Waals surface area contributed by atoms with Gasteiger partial charge in [0, 0.05) is 0 Å². The zero-order valence-corrected chi connectivity index (χ0v) is 21.1. The molecular weight excluding hydrogens is 420 g/mol. The van der Waals surface area contributed by atoms with Gasteiger partial charge in [-0.3, -0.25) is 4.79 Å². The maximum atomic E-state index is 13.0. The van der Waals surface area contributed by atoms with Crippen molar-refractivity contribution in [2.24, 2.45) is 52.3 Å². The third-order valence-corrected chi connectivity index (χ3v) is 10.7. The molecule has 190 valence electrons. The first kappa shape index (κ1) is 25.4. The molecule has 3 aliphatic carbocycles. The molecule has 0 bridgehead atoms. The minimum atomic E-state index is -0.864. The number of rotatable bonds is 5. The van der Waals surface area contributed by atoms with Gasteiger partial charge in [0.15, 0.2) is 0 Å². The maximum absolute atomic E-state index is 13.0. The Kier molecular flexibility index (Phi) is 6.98. The van der Waals surface area contributed by atoms with E-state index in [1.54, 1.807) is 0 Å². The van der Waals surface area contributed by atoms with E-state index in [-0.39, 0.29) is 46.9 Å². The highest BCUT2D eigenvalue weighted by Gasteiger charge is 2.63. The van der Waals surface area contributed by atoms with Gasteiger partial charge in [0.05, 0.1) is 36.9 Å². The first-order valence-electron chi connectivity index (χ1n) is 13.3. The Hall–Kier alpha value is -0.690. The van der Waals surface area contributed by atoms with E-state index in [1.165, 1.54) is 0 Å². The van der Waals surface area contributed by atoms with Crippen molar-refractivity contribution in [3.8, 4) is 0 Å². The van der Waals surface area contributed by atoms with Crippen molar-refractivity contribution in [2.75, 3.05) is 6.61 Å². The van der Waals surface area contributed by atoms with Crippen molar-refractivity contribution < 1.29 is 30.0 Å². The molecule has 0 radical (unpaired) electrons. The monoisotopic (exact) mass is 466 g/mol. The number of aliphatic hydroxyl groups excluding tert-OH is 4. The molecule has 0 unspecified atom stereocenters. The van der Waals surface area contributed by atoms with Gasteiger partial charge in [-0.1, -0.05) is 34.6 Å². The molecule has 4 N–H and O–H groups in total. The molecule has 0 aromatic carbocycles. The van der Waals surface area contributed by atoms with Gasteiger partial charge in [0.1, 0.15) is 0 Å². The number of fused-ring (bicyclic) bond motifs is 5. The van der Waals surface area contributed by atoms with Gasteiger partial charge < -0.3 is 25.2 Å². The number of cyclic esters (lactones) is 1. The first-order chi connectivity index (χ1) is 15.4. The molecule has 0 amide bonds. The van der Waals surface area contributed by atoms with Crippen molar-refractivity contribution in [3.63, 3.8) is 0 Å². The molecule has 4 fully saturated rings. The van der Waals surface area contributed by atoms with Crippen LogP contribution in [0.2, 0.25) is 0 Å². The van der Waals surface area contributed by atoms with Crippen LogP contribution in [0.1, 0.15) is 79.6 Å². The Morgan fingerprint density at radius 1 is 1.00 bits per heavy atom. The van der Waals surface area contributed by atoms with Crippen LogP contribution in [0.4, 0.5) is 0 Å². The molecule has 0 spiro atoms. The SMILES string of the molecule is CC(C)C[C@H](O)[C@@H](O)[C@@H](C)[C@H]1CC[C@H]2[C@@H]3COC(=O)[C@H]4C[C@H](O)[C@H](O)C[C@]4(C)[C@H]3CC[C@]12C. The van der Waals surface area contributed by atoms with E-state index in [9.17, 15) is 25.2 Å². The summed E-state index contributed by atoms with van der Waals surface area (Å²) in [5.74, 6) is 0.998. The van der Waals surface area contributed by atoms with E-state index in [2.05, 4.69) is 34.6 Å². The molecule has 4 aliphatic rings. The Bertz CT molecular complexity index is 725. The van der Waals surface area contributed by atoms with Crippen LogP contribution in [0.15, 0.2) is 0 Å². The van der Waals surface area contributed by atoms with Gasteiger partial charge in [0.2, 0.25) is 0 Å². The van der Waals surface area contributed by atoms with Crippen molar-refractivity contribution >= 4 is 5.97 Å². The third-order valence-electron chi connectivity index (χ3n) is 10.7. The second-order valence-electron chi connectivity index (χ2n) is 12.9. The number of ether oxygens (including phenoxy) is 1. The lowest BCUT2D eigenvalue weighted by atomic mass is 9.48. The molecule has 33 heavy (non-hydrogen) atoms. The van der Waals surface area contributed by atoms with Gasteiger partial charge in [-0.05, 0) is 91.3 Å². The van der Waals surface area contributed by atoms with Gasteiger partial charge in [-0.15, -0.1) is 0 Å². The van der Waals surface area contributed by atoms with Crippen LogP contribution >= 0.6 is 0 Å². The van der Waals surface area contributed by atoms with Crippen molar-refractivity contribution in [2.45, 2.75) is 104 Å². The van der Waals surface area contributed by atoms with E-state index < -0.39 is 24.4 Å². The zero-order valence-electron chi connectivity index (χ0n) is 21.1. The first-order valence-corrected chi connectivity index (χ1v) is 13.3. The fourth-order valence-corrected chi connectivity index (χ4v) is 8.90. The van der Waals surface area contributed by atoms with Crippen molar-refractivity contribution in [3.05, 3.63) is 0 Å². The minimum Gasteiger partial charge on any atom is -0.465 e. The Labute approximate surface area is 199 Å². The molecule has 12 atom stereocenters. The van der Waals surface area contributed by atoms with Gasteiger partial charge in [0.25, 0.3) is 0 Å². The molecule has 6 heteroatoms. The number of esters is 1. The fraction of sp³-hybridized carbons (Fsp3) is 0.963. The highest BCUT2D eigenvalue weighted by atomic mass is 16.5. The predicted molar refractivity (Wildman–Crippen MR) is 125 cm³/mol. The van der Waals surface area contributed by atoms with Gasteiger partial charge in [-0.25, -0.2) is 0 Å². The minimum absolute atomic E-state index is 0.00798. The average molecular weight is 467 g/mol. The van der Waals surface area contributed by atoms with E-state index in [4.69, 9.17) is 4.74 Å². The molecule has 0 aromatic heterocycles. The lowest BCUT2D eigenvalue weighted by Gasteiger charge is -2.56. The molecular formula is C27H46O6. The topological polar surface area (TPSA) is 107 Å². The molecule has 4 rings (SSSR count). The highest BCUT2D eigenvalue weighted by Crippen LogP contribution is 2.66. The summed E-state index contributed by atoms with van der Waals surface area (Å²) in [7, 11) is 0. The number of aliphatic hydroxyl groups is 4. The molecule has 3 saturated carbocycles. The highest BCUT2D eigenvalue weighted by molar-refractivity contribution is 5.74. The maximum Gasteiger partial charge on any atom is 0.309 e. The Morgan fingerprint density at radius 3 is 2.33 bits per heavy atom. The van der Waals surface area contributed by atoms with E-state index >= 15 is 0 Å². The third kappa shape index (κ3) is 4.17. The quantitative estimate of drug-likeness (QED) is 0.464. The van der Waals surface area contributed by atoms with Crippen LogP contribution in [-0.2, 0) is 9.53 Å². The summed E-state index contributed by atoms with van der Waals surface area (Å²) in [5, 5.41) is 42.4. The van der Waals surface area contributed by atoms with Crippen molar-refractivity contribution in [1.82, 2.24) is 0 Å². The van der Waals surface area contributed by atoms with Gasteiger partial charge >= 0.3 is 5.97 Å². The molecule has 6 nitrogen and oxygen atoms in total. The smallest absolute Gasteiger partial charge is 0.309 e. The molecule has 0 aromatic rings. The lowest BCUT2D eigenvalue weighted by molar-refractivity contribution is -0.162. The average Bonchev–Trinajstić information content (AvgIpc) is 3.05. The molecule has 1 aliphatic heterocycles. The zero-order chi connectivity index (χ0) is 24.3. The second kappa shape index (κ2) is 9.07. The summed E-state index contributed by atoms with van der Waals surface area (Å²) in [4.78, 5) is 13.0. The summed E-state index contributed by atoms with van der Waals surface area (Å²) >= 11 is 0. The van der Waals surface area contributed by atoms with E-state index in [0.29, 0.717) is 37.2 Å². The number of hydrogen-bond donors (Lipinski definition) is 4. The van der Waals surface area contributed by atoms with Crippen LogP contribution in [-0.4, -0.2) is 57.4 Å². The number of hydrogen-bond acceptors (Lipinski definition) is 6. The molecule has 1 heterocycles. The van der Waals surface area contributed by atoms with Crippen LogP contribution in [0.3, 0.4) is 0 Å². The summed E-state index contributed by atoms with van der Waals surface area (Å²) in [6.45, 7) is 11.1. The predicted octanol–water partition coefficient (Wildman–Crippen LogP) is 3.14. The van der Waals surface area contributed by atoms with Crippen LogP contribution in [0.25, 0.3) is 0 Å². The van der Waals surface area contributed by atoms with Gasteiger partial charge in [-0.2, -0.15) is 0 Å². The number of carbonyl (C=O) groups is 1. The summed E-state index contributed by atoms with van der Waals surface area (Å²) in [6.07, 6.45) is 2.30. The fourth-order valence-electron chi connectivity index (χ4n) is 8.90.